The number of azide groups is 1. The van der Waals surface area contributed by atoms with Crippen molar-refractivity contribution in [1.29, 1.82) is 0 Å². The average molecular weight is 322 g/mol. The Morgan fingerprint density at radius 1 is 1.43 bits per heavy atom. The lowest BCUT2D eigenvalue weighted by Crippen LogP contribution is -2.20. The highest BCUT2D eigenvalue weighted by Crippen LogP contribution is 2.25. The number of alkyl halides is 1. The van der Waals surface area contributed by atoms with Crippen molar-refractivity contribution in [3.05, 3.63) is 45.8 Å². The third-order valence-electron chi connectivity index (χ3n) is 3.62. The minimum absolute atomic E-state index is 0.0673. The summed E-state index contributed by atoms with van der Waals surface area (Å²) in [5.41, 5.74) is 11.0. The molecule has 0 N–H and O–H groups in total. The molecule has 0 saturated carbocycles. The summed E-state index contributed by atoms with van der Waals surface area (Å²) in [6.45, 7) is -0.301. The number of nitrogens with zero attached hydrogens (tertiary/aromatic N) is 4. The lowest BCUT2D eigenvalue weighted by Gasteiger charge is -2.20. The monoisotopic (exact) mass is 322 g/mol. The number of ether oxygens (including phenoxy) is 2. The lowest BCUT2D eigenvalue weighted by atomic mass is 9.99. The van der Waals surface area contributed by atoms with Crippen molar-refractivity contribution in [2.24, 2.45) is 10.3 Å². The quantitative estimate of drug-likeness (QED) is 0.418. The fourth-order valence-corrected chi connectivity index (χ4v) is 2.49. The molecule has 124 valence electrons. The molecule has 0 aromatic heterocycles. The van der Waals surface area contributed by atoms with Crippen LogP contribution in [0.3, 0.4) is 0 Å². The number of methoxy groups -OCH3 is 2. The lowest BCUT2D eigenvalue weighted by molar-refractivity contribution is 0.0208. The second-order valence-electron chi connectivity index (χ2n) is 5.13. The highest BCUT2D eigenvalue weighted by Gasteiger charge is 2.24. The first-order valence-corrected chi connectivity index (χ1v) is 7.18. The summed E-state index contributed by atoms with van der Waals surface area (Å²) in [7, 11) is 3.07. The van der Waals surface area contributed by atoms with Gasteiger partial charge in [0.15, 0.2) is 6.10 Å². The van der Waals surface area contributed by atoms with Crippen LogP contribution in [0.4, 0.5) is 4.39 Å². The predicted octanol–water partition coefficient (Wildman–Crippen LogP) is 3.16. The molecular formula is C15H19FN4O3. The molecule has 8 heteroatoms. The summed E-state index contributed by atoms with van der Waals surface area (Å²) in [5.74, 6) is 0. The van der Waals surface area contributed by atoms with Crippen LogP contribution in [0.2, 0.25) is 0 Å². The van der Waals surface area contributed by atoms with Gasteiger partial charge in [0, 0.05) is 25.6 Å². The third-order valence-corrected chi connectivity index (χ3v) is 3.62. The Labute approximate surface area is 133 Å². The van der Waals surface area contributed by atoms with Crippen LogP contribution in [0.25, 0.3) is 10.4 Å². The van der Waals surface area contributed by atoms with E-state index in [0.717, 1.165) is 16.8 Å². The minimum Gasteiger partial charge on any atom is -0.389 e. The van der Waals surface area contributed by atoms with Gasteiger partial charge in [-0.15, -0.1) is 0 Å². The zero-order valence-electron chi connectivity index (χ0n) is 13.1. The van der Waals surface area contributed by atoms with Gasteiger partial charge in [-0.2, -0.15) is 0 Å². The maximum absolute atomic E-state index is 13.0. The summed E-state index contributed by atoms with van der Waals surface area (Å²) in [6.07, 6.45) is -0.0255. The maximum atomic E-state index is 13.0. The van der Waals surface area contributed by atoms with Gasteiger partial charge in [-0.3, -0.25) is 4.39 Å². The molecule has 23 heavy (non-hydrogen) atoms. The molecular weight excluding hydrogens is 303 g/mol. The van der Waals surface area contributed by atoms with Gasteiger partial charge in [0.1, 0.15) is 6.67 Å². The first kappa shape index (κ1) is 17.2. The minimum atomic E-state index is -0.894. The van der Waals surface area contributed by atoms with E-state index in [4.69, 9.17) is 19.8 Å². The van der Waals surface area contributed by atoms with Gasteiger partial charge in [-0.25, -0.2) is 0 Å². The van der Waals surface area contributed by atoms with Crippen molar-refractivity contribution < 1.29 is 18.7 Å². The number of halogens is 1. The molecule has 0 amide bonds. The highest BCUT2D eigenvalue weighted by molar-refractivity contribution is 6.01. The first-order chi connectivity index (χ1) is 11.2. The first-order valence-electron chi connectivity index (χ1n) is 7.18. The molecule has 1 aliphatic heterocycles. The Kier molecular flexibility index (Phi) is 6.34. The molecule has 1 aromatic carbocycles. The number of oxime groups is 1. The third kappa shape index (κ3) is 4.19. The van der Waals surface area contributed by atoms with Gasteiger partial charge in [0.05, 0.1) is 24.5 Å². The molecule has 0 fully saturated rings. The second-order valence-corrected chi connectivity index (χ2v) is 5.13. The van der Waals surface area contributed by atoms with Crippen molar-refractivity contribution in [3.8, 4) is 0 Å². The van der Waals surface area contributed by atoms with Crippen LogP contribution >= 0.6 is 0 Å². The van der Waals surface area contributed by atoms with E-state index in [9.17, 15) is 4.39 Å². The van der Waals surface area contributed by atoms with Crippen LogP contribution in [0, 0.1) is 0 Å². The van der Waals surface area contributed by atoms with E-state index in [2.05, 4.69) is 15.2 Å². The zero-order valence-corrected chi connectivity index (χ0v) is 13.1. The molecule has 0 unspecified atom stereocenters. The maximum Gasteiger partial charge on any atom is 0.156 e. The topological polar surface area (TPSA) is 88.8 Å². The van der Waals surface area contributed by atoms with E-state index in [1.165, 1.54) is 7.11 Å². The van der Waals surface area contributed by atoms with Crippen molar-refractivity contribution in [3.63, 3.8) is 0 Å². The number of hydrogen-bond acceptors (Lipinski definition) is 5. The van der Waals surface area contributed by atoms with Crippen LogP contribution in [0.1, 0.15) is 23.7 Å². The Balaban J connectivity index is 2.11. The normalized spacial score (nSPS) is 19.4. The van der Waals surface area contributed by atoms with Crippen molar-refractivity contribution >= 4 is 5.71 Å². The van der Waals surface area contributed by atoms with Crippen LogP contribution in [-0.2, 0) is 14.3 Å². The van der Waals surface area contributed by atoms with Crippen molar-refractivity contribution in [1.82, 2.24) is 0 Å². The average Bonchev–Trinajstić information content (AvgIpc) is 3.04. The molecule has 1 aromatic rings. The van der Waals surface area contributed by atoms with E-state index < -0.39 is 18.8 Å². The van der Waals surface area contributed by atoms with Gasteiger partial charge in [-0.05, 0) is 16.7 Å². The second kappa shape index (κ2) is 8.47. The van der Waals surface area contributed by atoms with Gasteiger partial charge in [-0.1, -0.05) is 34.5 Å². The van der Waals surface area contributed by atoms with Gasteiger partial charge >= 0.3 is 0 Å². The SMILES string of the molecule is COC[C@@H]1CC(c2ccc([C@@H](OC)[C@@H](CF)N=[N+]=[N-])cc2)=NO1. The fourth-order valence-electron chi connectivity index (χ4n) is 2.49. The molecule has 0 spiro atoms. The Bertz CT molecular complexity index is 587. The van der Waals surface area contributed by atoms with E-state index in [0.29, 0.717) is 13.0 Å². The summed E-state index contributed by atoms with van der Waals surface area (Å²) < 4.78 is 23.3. The van der Waals surface area contributed by atoms with E-state index in [1.54, 1.807) is 7.11 Å². The molecule has 7 nitrogen and oxygen atoms in total. The van der Waals surface area contributed by atoms with Crippen LogP contribution in [0.15, 0.2) is 34.5 Å². The fraction of sp³-hybridized carbons (Fsp3) is 0.533. The molecule has 3 atom stereocenters. The number of rotatable bonds is 8. The van der Waals surface area contributed by atoms with E-state index >= 15 is 0 Å². The highest BCUT2D eigenvalue weighted by atomic mass is 19.1. The summed E-state index contributed by atoms with van der Waals surface area (Å²) in [6, 6.07) is 6.46. The van der Waals surface area contributed by atoms with Crippen LogP contribution < -0.4 is 0 Å². The van der Waals surface area contributed by atoms with Crippen LogP contribution in [-0.4, -0.2) is 45.4 Å². The molecule has 0 radical (unpaired) electrons. The standard InChI is InChI=1S/C15H19FN4O3/c1-21-9-12-7-13(19-23-12)10-3-5-11(6-4-10)15(22-2)14(8-16)18-20-17/h3-6,12,14-15H,7-9H2,1-2H3/t12-,14+,15+/m0/s1. The van der Waals surface area contributed by atoms with Crippen molar-refractivity contribution in [2.75, 3.05) is 27.5 Å². The van der Waals surface area contributed by atoms with E-state index in [1.807, 2.05) is 24.3 Å². The molecule has 1 heterocycles. The Morgan fingerprint density at radius 3 is 2.74 bits per heavy atom. The van der Waals surface area contributed by atoms with Gasteiger partial charge in [0.2, 0.25) is 0 Å². The number of hydrogen-bond donors (Lipinski definition) is 0. The molecule has 0 saturated heterocycles. The molecule has 0 bridgehead atoms. The summed E-state index contributed by atoms with van der Waals surface area (Å²) in [5, 5.41) is 7.50. The largest absolute Gasteiger partial charge is 0.389 e. The van der Waals surface area contributed by atoms with Crippen LogP contribution in [0.5, 0.6) is 0 Å². The molecule has 1 aliphatic rings. The van der Waals surface area contributed by atoms with Gasteiger partial charge < -0.3 is 14.3 Å². The van der Waals surface area contributed by atoms with Crippen molar-refractivity contribution in [2.45, 2.75) is 24.7 Å². The van der Waals surface area contributed by atoms with E-state index in [-0.39, 0.29) is 6.10 Å². The summed E-state index contributed by atoms with van der Waals surface area (Å²) in [4.78, 5) is 7.95. The predicted molar refractivity (Wildman–Crippen MR) is 83.0 cm³/mol. The smallest absolute Gasteiger partial charge is 0.156 e. The number of benzene rings is 1. The zero-order chi connectivity index (χ0) is 16.7. The molecule has 0 aliphatic carbocycles. The molecule has 2 rings (SSSR count). The summed E-state index contributed by atoms with van der Waals surface area (Å²) >= 11 is 0. The Hall–Kier alpha value is -2.15. The van der Waals surface area contributed by atoms with Gasteiger partial charge in [0.25, 0.3) is 0 Å². The Morgan fingerprint density at radius 2 is 2.17 bits per heavy atom.